The van der Waals surface area contributed by atoms with Crippen LogP contribution in [0.2, 0.25) is 0 Å². The average molecular weight is 250 g/mol. The number of hydrogen-bond donors (Lipinski definition) is 1. The molecule has 1 N–H and O–H groups in total. The second kappa shape index (κ2) is 6.23. The molecular weight excluding hydrogens is 224 g/mol. The van der Waals surface area contributed by atoms with Gasteiger partial charge in [0.05, 0.1) is 5.69 Å². The number of nitrogens with zero attached hydrogens (tertiary/aromatic N) is 3. The van der Waals surface area contributed by atoms with E-state index in [2.05, 4.69) is 46.7 Å². The smallest absolute Gasteiger partial charge is 0.203 e. The Kier molecular flexibility index (Phi) is 4.64. The summed E-state index contributed by atoms with van der Waals surface area (Å²) < 4.78 is 2.26. The van der Waals surface area contributed by atoms with E-state index in [0.29, 0.717) is 6.04 Å². The van der Waals surface area contributed by atoms with E-state index in [9.17, 15) is 0 Å². The van der Waals surface area contributed by atoms with Crippen LogP contribution in [0.5, 0.6) is 0 Å². The third-order valence-electron chi connectivity index (χ3n) is 3.39. The number of anilines is 1. The molecule has 2 heterocycles. The monoisotopic (exact) mass is 250 g/mol. The van der Waals surface area contributed by atoms with Crippen molar-refractivity contribution in [2.75, 3.05) is 25.0 Å². The Labute approximate surface area is 110 Å². The van der Waals surface area contributed by atoms with Crippen molar-refractivity contribution in [3.63, 3.8) is 0 Å². The van der Waals surface area contributed by atoms with Crippen LogP contribution in [0.25, 0.3) is 0 Å². The predicted molar refractivity (Wildman–Crippen MR) is 76.0 cm³/mol. The fraction of sp³-hybridized carbons (Fsp3) is 0.786. The molecular formula is C14H26N4. The number of imidazole rings is 1. The van der Waals surface area contributed by atoms with Gasteiger partial charge in [-0.25, -0.2) is 4.98 Å². The Bertz CT molecular complexity index is 364. The first-order valence-electron chi connectivity index (χ1n) is 7.18. The fourth-order valence-electron chi connectivity index (χ4n) is 2.56. The van der Waals surface area contributed by atoms with Gasteiger partial charge >= 0.3 is 0 Å². The largest absolute Gasteiger partial charge is 0.353 e. The second-order valence-electron chi connectivity index (χ2n) is 5.60. The van der Waals surface area contributed by atoms with Crippen LogP contribution < -0.4 is 5.32 Å². The van der Waals surface area contributed by atoms with Crippen molar-refractivity contribution in [2.24, 2.45) is 0 Å². The first kappa shape index (κ1) is 13.4. The lowest BCUT2D eigenvalue weighted by Crippen LogP contribution is -2.22. The molecule has 102 valence electrons. The molecule has 0 bridgehead atoms. The van der Waals surface area contributed by atoms with Crippen molar-refractivity contribution in [2.45, 2.75) is 52.6 Å². The van der Waals surface area contributed by atoms with E-state index in [1.807, 2.05) is 0 Å². The van der Waals surface area contributed by atoms with Gasteiger partial charge in [-0.1, -0.05) is 0 Å². The normalized spacial score (nSPS) is 16.7. The number of hydrogen-bond acceptors (Lipinski definition) is 3. The molecule has 0 atom stereocenters. The summed E-state index contributed by atoms with van der Waals surface area (Å²) in [5, 5.41) is 3.41. The van der Waals surface area contributed by atoms with Gasteiger partial charge < -0.3 is 14.8 Å². The fourth-order valence-corrected chi connectivity index (χ4v) is 2.56. The summed E-state index contributed by atoms with van der Waals surface area (Å²) in [6, 6.07) is 0.434. The van der Waals surface area contributed by atoms with Crippen molar-refractivity contribution < 1.29 is 0 Å². The van der Waals surface area contributed by atoms with E-state index < -0.39 is 0 Å². The molecule has 4 nitrogen and oxygen atoms in total. The number of nitrogens with one attached hydrogen (secondary N) is 1. The third kappa shape index (κ3) is 3.73. The zero-order chi connectivity index (χ0) is 13.0. The Morgan fingerprint density at radius 2 is 2.00 bits per heavy atom. The van der Waals surface area contributed by atoms with Gasteiger partial charge in [-0.15, -0.1) is 0 Å². The van der Waals surface area contributed by atoms with E-state index in [1.165, 1.54) is 38.9 Å². The van der Waals surface area contributed by atoms with E-state index in [1.54, 1.807) is 0 Å². The molecule has 0 radical (unpaired) electrons. The van der Waals surface area contributed by atoms with Crippen molar-refractivity contribution in [1.29, 1.82) is 0 Å². The summed E-state index contributed by atoms with van der Waals surface area (Å²) >= 11 is 0. The lowest BCUT2D eigenvalue weighted by Gasteiger charge is -2.16. The van der Waals surface area contributed by atoms with Crippen molar-refractivity contribution in [3.05, 3.63) is 11.9 Å². The van der Waals surface area contributed by atoms with Gasteiger partial charge in [0.2, 0.25) is 5.95 Å². The van der Waals surface area contributed by atoms with Crippen molar-refractivity contribution in [3.8, 4) is 0 Å². The maximum atomic E-state index is 4.54. The lowest BCUT2D eigenvalue weighted by atomic mass is 10.4. The van der Waals surface area contributed by atoms with Crippen LogP contribution in [0, 0.1) is 6.92 Å². The summed E-state index contributed by atoms with van der Waals surface area (Å²) in [5.74, 6) is 1.02. The molecule has 0 unspecified atom stereocenters. The Morgan fingerprint density at radius 3 is 2.67 bits per heavy atom. The SMILES string of the molecule is Cc1cn(CCCN2CCCC2)c(NC(C)C)n1. The first-order valence-corrected chi connectivity index (χ1v) is 7.18. The van der Waals surface area contributed by atoms with Crippen LogP contribution in [0.3, 0.4) is 0 Å². The summed E-state index contributed by atoms with van der Waals surface area (Å²) in [6.45, 7) is 11.2. The molecule has 0 saturated carbocycles. The third-order valence-corrected chi connectivity index (χ3v) is 3.39. The van der Waals surface area contributed by atoms with Crippen LogP contribution >= 0.6 is 0 Å². The second-order valence-corrected chi connectivity index (χ2v) is 5.60. The highest BCUT2D eigenvalue weighted by molar-refractivity contribution is 5.29. The molecule has 0 aliphatic carbocycles. The minimum atomic E-state index is 0.434. The van der Waals surface area contributed by atoms with E-state index in [-0.39, 0.29) is 0 Å². The number of aromatic nitrogens is 2. The van der Waals surface area contributed by atoms with Crippen molar-refractivity contribution >= 4 is 5.95 Å². The first-order chi connectivity index (χ1) is 8.65. The van der Waals surface area contributed by atoms with Crippen LogP contribution in [-0.4, -0.2) is 40.1 Å². The number of likely N-dealkylation sites (tertiary alicyclic amines) is 1. The summed E-state index contributed by atoms with van der Waals surface area (Å²) in [5.41, 5.74) is 1.10. The van der Waals surface area contributed by atoms with Gasteiger partial charge in [-0.05, 0) is 59.7 Å². The number of rotatable bonds is 6. The summed E-state index contributed by atoms with van der Waals surface area (Å²) in [4.78, 5) is 7.11. The van der Waals surface area contributed by atoms with E-state index in [0.717, 1.165) is 18.2 Å². The Morgan fingerprint density at radius 1 is 1.28 bits per heavy atom. The molecule has 1 aromatic rings. The van der Waals surface area contributed by atoms with Crippen LogP contribution in [0.4, 0.5) is 5.95 Å². The molecule has 2 rings (SSSR count). The molecule has 1 saturated heterocycles. The Balaban J connectivity index is 1.83. The Hall–Kier alpha value is -1.03. The van der Waals surface area contributed by atoms with E-state index in [4.69, 9.17) is 0 Å². The van der Waals surface area contributed by atoms with Crippen LogP contribution in [-0.2, 0) is 6.54 Å². The highest BCUT2D eigenvalue weighted by Gasteiger charge is 2.11. The van der Waals surface area contributed by atoms with Crippen LogP contribution in [0.15, 0.2) is 6.20 Å². The molecule has 4 heteroatoms. The van der Waals surface area contributed by atoms with Crippen LogP contribution in [0.1, 0.15) is 38.8 Å². The minimum Gasteiger partial charge on any atom is -0.353 e. The predicted octanol–water partition coefficient (Wildman–Crippen LogP) is 2.50. The molecule has 18 heavy (non-hydrogen) atoms. The standard InChI is InChI=1S/C14H26N4/c1-12(2)15-14-16-13(3)11-18(14)10-6-9-17-7-4-5-8-17/h11-12H,4-10H2,1-3H3,(H,15,16). The molecule has 1 aliphatic rings. The zero-order valence-corrected chi connectivity index (χ0v) is 11.9. The highest BCUT2D eigenvalue weighted by Crippen LogP contribution is 2.12. The maximum Gasteiger partial charge on any atom is 0.203 e. The molecule has 0 amide bonds. The minimum absolute atomic E-state index is 0.434. The molecule has 1 fully saturated rings. The van der Waals surface area contributed by atoms with Gasteiger partial charge in [-0.2, -0.15) is 0 Å². The summed E-state index contributed by atoms with van der Waals surface area (Å²) in [6.07, 6.45) is 6.12. The van der Waals surface area contributed by atoms with Crippen molar-refractivity contribution in [1.82, 2.24) is 14.5 Å². The molecule has 0 aromatic carbocycles. The van der Waals surface area contributed by atoms with E-state index >= 15 is 0 Å². The van der Waals surface area contributed by atoms with Gasteiger partial charge in [-0.3, -0.25) is 0 Å². The summed E-state index contributed by atoms with van der Waals surface area (Å²) in [7, 11) is 0. The molecule has 1 aliphatic heterocycles. The average Bonchev–Trinajstić information content (AvgIpc) is 2.89. The number of aryl methyl sites for hydroxylation is 2. The quantitative estimate of drug-likeness (QED) is 0.842. The van der Waals surface area contributed by atoms with Gasteiger partial charge in [0.1, 0.15) is 0 Å². The molecule has 1 aromatic heterocycles. The lowest BCUT2D eigenvalue weighted by molar-refractivity contribution is 0.325. The van der Waals surface area contributed by atoms with Gasteiger partial charge in [0.15, 0.2) is 0 Å². The van der Waals surface area contributed by atoms with Gasteiger partial charge in [0.25, 0.3) is 0 Å². The topological polar surface area (TPSA) is 33.1 Å². The highest BCUT2D eigenvalue weighted by atomic mass is 15.2. The maximum absolute atomic E-state index is 4.54. The zero-order valence-electron chi connectivity index (χ0n) is 11.9. The van der Waals surface area contributed by atoms with Gasteiger partial charge in [0, 0.05) is 18.8 Å². The molecule has 0 spiro atoms.